The molecule has 1 heterocycles. The minimum Gasteiger partial charge on any atom is -0.326 e. The predicted octanol–water partition coefficient (Wildman–Crippen LogP) is 5.65. The maximum atomic E-state index is 12.3. The summed E-state index contributed by atoms with van der Waals surface area (Å²) in [6.45, 7) is 1.47. The van der Waals surface area contributed by atoms with E-state index in [0.29, 0.717) is 10.8 Å². The van der Waals surface area contributed by atoms with E-state index in [9.17, 15) is 9.59 Å². The van der Waals surface area contributed by atoms with E-state index in [2.05, 4.69) is 39.9 Å². The molecular formula is C23H19N3O2S2. The normalized spacial score (nSPS) is 10.7. The fraction of sp³-hybridized carbons (Fsp3) is 0.0870. The summed E-state index contributed by atoms with van der Waals surface area (Å²) in [6, 6.07) is 21.8. The Labute approximate surface area is 182 Å². The van der Waals surface area contributed by atoms with Gasteiger partial charge in [-0.15, -0.1) is 23.1 Å². The average Bonchev–Trinajstić information content (AvgIpc) is 3.20. The lowest BCUT2D eigenvalue weighted by molar-refractivity contribution is -0.114. The molecule has 4 aromatic rings. The van der Waals surface area contributed by atoms with E-state index in [1.54, 1.807) is 0 Å². The van der Waals surface area contributed by atoms with Crippen LogP contribution in [-0.2, 0) is 9.59 Å². The predicted molar refractivity (Wildman–Crippen MR) is 125 cm³/mol. The van der Waals surface area contributed by atoms with Crippen molar-refractivity contribution in [2.24, 2.45) is 0 Å². The molecule has 5 nitrogen and oxygen atoms in total. The van der Waals surface area contributed by atoms with E-state index in [-0.39, 0.29) is 17.6 Å². The number of carbonyl (C=O) groups is 2. The summed E-state index contributed by atoms with van der Waals surface area (Å²) in [5, 5.41) is 10.5. The number of thiazole rings is 1. The number of aromatic nitrogens is 1. The molecule has 0 aliphatic heterocycles. The number of benzene rings is 3. The first-order valence-electron chi connectivity index (χ1n) is 9.32. The third-order valence-corrected chi connectivity index (χ3v) is 6.07. The van der Waals surface area contributed by atoms with E-state index in [0.717, 1.165) is 21.5 Å². The van der Waals surface area contributed by atoms with Crippen LogP contribution in [0.3, 0.4) is 0 Å². The Balaban J connectivity index is 1.37. The summed E-state index contributed by atoms with van der Waals surface area (Å²) in [4.78, 5) is 29.0. The lowest BCUT2D eigenvalue weighted by Gasteiger charge is -2.05. The molecule has 7 heteroatoms. The fourth-order valence-electron chi connectivity index (χ4n) is 2.98. The molecule has 0 unspecified atom stereocenters. The number of carbonyl (C=O) groups excluding carboxylic acids is 2. The van der Waals surface area contributed by atoms with E-state index in [4.69, 9.17) is 0 Å². The zero-order chi connectivity index (χ0) is 20.9. The molecule has 0 saturated heterocycles. The highest BCUT2D eigenvalue weighted by Gasteiger charge is 2.10. The molecule has 0 radical (unpaired) electrons. The monoisotopic (exact) mass is 433 g/mol. The molecule has 0 saturated carbocycles. The van der Waals surface area contributed by atoms with Crippen LogP contribution in [0.5, 0.6) is 0 Å². The van der Waals surface area contributed by atoms with Crippen molar-refractivity contribution < 1.29 is 9.59 Å². The molecule has 0 bridgehead atoms. The van der Waals surface area contributed by atoms with Gasteiger partial charge in [0.1, 0.15) is 0 Å². The largest absolute Gasteiger partial charge is 0.326 e. The minimum atomic E-state index is -0.124. The van der Waals surface area contributed by atoms with Gasteiger partial charge in [0.25, 0.3) is 0 Å². The molecule has 4 rings (SSSR count). The molecule has 0 aliphatic carbocycles. The summed E-state index contributed by atoms with van der Waals surface area (Å²) in [6.07, 6.45) is 0. The standard InChI is InChI=1S/C23H19N3O2S2/c1-15(27)24-19-7-4-8-20(12-19)29-14-22(28)26-23-25-21(13-30-23)18-10-9-16-5-2-3-6-17(16)11-18/h2-13H,14H2,1H3,(H,24,27)(H,25,26,28). The van der Waals surface area contributed by atoms with Crippen molar-refractivity contribution in [3.63, 3.8) is 0 Å². The van der Waals surface area contributed by atoms with Crippen LogP contribution in [0.2, 0.25) is 0 Å². The summed E-state index contributed by atoms with van der Waals surface area (Å²) >= 11 is 2.82. The van der Waals surface area contributed by atoms with Gasteiger partial charge in [0.15, 0.2) is 5.13 Å². The topological polar surface area (TPSA) is 71.1 Å². The number of thioether (sulfide) groups is 1. The average molecular weight is 434 g/mol. The Morgan fingerprint density at radius 3 is 2.63 bits per heavy atom. The van der Waals surface area contributed by atoms with E-state index in [1.165, 1.54) is 35.4 Å². The summed E-state index contributed by atoms with van der Waals surface area (Å²) < 4.78 is 0. The lowest BCUT2D eigenvalue weighted by Crippen LogP contribution is -2.13. The van der Waals surface area contributed by atoms with Crippen molar-refractivity contribution in [3.8, 4) is 11.3 Å². The van der Waals surface area contributed by atoms with Crippen molar-refractivity contribution in [1.29, 1.82) is 0 Å². The molecule has 2 N–H and O–H groups in total. The fourth-order valence-corrected chi connectivity index (χ4v) is 4.47. The van der Waals surface area contributed by atoms with Gasteiger partial charge in [0, 0.05) is 28.5 Å². The van der Waals surface area contributed by atoms with Crippen LogP contribution in [0.1, 0.15) is 6.92 Å². The van der Waals surface area contributed by atoms with Crippen LogP contribution in [-0.4, -0.2) is 22.6 Å². The number of amides is 2. The molecule has 30 heavy (non-hydrogen) atoms. The van der Waals surface area contributed by atoms with Crippen molar-refractivity contribution >= 4 is 56.5 Å². The van der Waals surface area contributed by atoms with E-state index in [1.807, 2.05) is 47.8 Å². The number of hydrogen-bond donors (Lipinski definition) is 2. The van der Waals surface area contributed by atoms with Crippen molar-refractivity contribution in [3.05, 3.63) is 72.1 Å². The van der Waals surface area contributed by atoms with Gasteiger partial charge in [-0.1, -0.05) is 42.5 Å². The van der Waals surface area contributed by atoms with Gasteiger partial charge in [0.2, 0.25) is 11.8 Å². The molecule has 1 aromatic heterocycles. The minimum absolute atomic E-state index is 0.121. The summed E-state index contributed by atoms with van der Waals surface area (Å²) in [5.74, 6) is 0.0132. The summed E-state index contributed by atoms with van der Waals surface area (Å²) in [5.41, 5.74) is 2.58. The van der Waals surface area contributed by atoms with E-state index < -0.39 is 0 Å². The van der Waals surface area contributed by atoms with Crippen LogP contribution in [0.25, 0.3) is 22.0 Å². The highest BCUT2D eigenvalue weighted by molar-refractivity contribution is 8.00. The molecule has 0 atom stereocenters. The SMILES string of the molecule is CC(=O)Nc1cccc(SCC(=O)Nc2nc(-c3ccc4ccccc4c3)cs2)c1. The van der Waals surface area contributed by atoms with Gasteiger partial charge in [-0.2, -0.15) is 0 Å². The molecular weight excluding hydrogens is 414 g/mol. The number of hydrogen-bond acceptors (Lipinski definition) is 5. The van der Waals surface area contributed by atoms with Gasteiger partial charge < -0.3 is 10.6 Å². The van der Waals surface area contributed by atoms with Gasteiger partial charge in [0.05, 0.1) is 11.4 Å². The number of anilines is 2. The molecule has 0 aliphatic rings. The van der Waals surface area contributed by atoms with Gasteiger partial charge >= 0.3 is 0 Å². The van der Waals surface area contributed by atoms with E-state index >= 15 is 0 Å². The van der Waals surface area contributed by atoms with Gasteiger partial charge in [-0.25, -0.2) is 4.98 Å². The molecule has 3 aromatic carbocycles. The highest BCUT2D eigenvalue weighted by Crippen LogP contribution is 2.28. The number of nitrogens with zero attached hydrogens (tertiary/aromatic N) is 1. The Hall–Kier alpha value is -3.16. The van der Waals surface area contributed by atoms with Crippen molar-refractivity contribution in [2.75, 3.05) is 16.4 Å². The van der Waals surface area contributed by atoms with Crippen LogP contribution < -0.4 is 10.6 Å². The number of fused-ring (bicyclic) bond motifs is 1. The first kappa shape index (κ1) is 20.1. The zero-order valence-corrected chi connectivity index (χ0v) is 17.8. The smallest absolute Gasteiger partial charge is 0.236 e. The first-order chi connectivity index (χ1) is 14.6. The van der Waals surface area contributed by atoms with Crippen molar-refractivity contribution in [2.45, 2.75) is 11.8 Å². The van der Waals surface area contributed by atoms with Crippen LogP contribution in [0, 0.1) is 0 Å². The molecule has 2 amide bonds. The van der Waals surface area contributed by atoms with Crippen molar-refractivity contribution in [1.82, 2.24) is 4.98 Å². The Bertz CT molecular complexity index is 1220. The van der Waals surface area contributed by atoms with Gasteiger partial charge in [-0.3, -0.25) is 9.59 Å². The third-order valence-electron chi connectivity index (χ3n) is 4.32. The lowest BCUT2D eigenvalue weighted by atomic mass is 10.1. The van der Waals surface area contributed by atoms with Gasteiger partial charge in [-0.05, 0) is 35.0 Å². The molecule has 0 fully saturated rings. The molecule has 150 valence electrons. The van der Waals surface area contributed by atoms with Crippen LogP contribution >= 0.6 is 23.1 Å². The maximum absolute atomic E-state index is 12.3. The Morgan fingerprint density at radius 2 is 1.80 bits per heavy atom. The number of rotatable bonds is 6. The summed E-state index contributed by atoms with van der Waals surface area (Å²) in [7, 11) is 0. The van der Waals surface area contributed by atoms with Crippen LogP contribution in [0.15, 0.2) is 77.0 Å². The second-order valence-electron chi connectivity index (χ2n) is 6.65. The maximum Gasteiger partial charge on any atom is 0.236 e. The molecule has 0 spiro atoms. The third kappa shape index (κ3) is 5.06. The quantitative estimate of drug-likeness (QED) is 0.385. The highest BCUT2D eigenvalue weighted by atomic mass is 32.2. The Kier molecular flexibility index (Phi) is 6.11. The number of nitrogens with one attached hydrogen (secondary N) is 2. The second-order valence-corrected chi connectivity index (χ2v) is 8.55. The van der Waals surface area contributed by atoms with Crippen LogP contribution in [0.4, 0.5) is 10.8 Å². The second kappa shape index (κ2) is 9.11. The zero-order valence-electron chi connectivity index (χ0n) is 16.2. The Morgan fingerprint density at radius 1 is 0.967 bits per heavy atom. The first-order valence-corrected chi connectivity index (χ1v) is 11.2.